The van der Waals surface area contributed by atoms with Crippen molar-refractivity contribution in [2.45, 2.75) is 82.8 Å². The maximum absolute atomic E-state index is 13.0. The van der Waals surface area contributed by atoms with E-state index in [2.05, 4.69) is 13.8 Å². The minimum atomic E-state index is -1.07. The van der Waals surface area contributed by atoms with Crippen LogP contribution in [0.4, 0.5) is 0 Å². The second-order valence-electron chi connectivity index (χ2n) is 10.8. The van der Waals surface area contributed by atoms with Gasteiger partial charge in [0.15, 0.2) is 5.78 Å². The van der Waals surface area contributed by atoms with Gasteiger partial charge in [-0.1, -0.05) is 19.4 Å². The third-order valence-electron chi connectivity index (χ3n) is 10.0. The summed E-state index contributed by atoms with van der Waals surface area (Å²) in [5.41, 5.74) is -1.42. The molecule has 1 saturated heterocycles. The molecule has 1 N–H and O–H groups in total. The highest BCUT2D eigenvalue weighted by atomic mass is 16.6. The van der Waals surface area contributed by atoms with Crippen molar-refractivity contribution in [2.75, 3.05) is 7.11 Å². The number of carbonyl (C=O) groups excluding carboxylic acids is 3. The summed E-state index contributed by atoms with van der Waals surface area (Å²) in [5.74, 6) is -1.05. The fourth-order valence-corrected chi connectivity index (χ4v) is 8.21. The van der Waals surface area contributed by atoms with Crippen LogP contribution in [0.25, 0.3) is 0 Å². The normalized spacial score (nSPS) is 49.7. The number of methoxy groups -OCH3 is 1. The number of ketones is 1. The number of carbonyl (C=O) groups is 3. The maximum Gasteiger partial charge on any atom is 0.309 e. The highest BCUT2D eigenvalue weighted by Crippen LogP contribution is 2.71. The summed E-state index contributed by atoms with van der Waals surface area (Å²) < 4.78 is 11.2. The van der Waals surface area contributed by atoms with Crippen molar-refractivity contribution in [1.82, 2.24) is 0 Å². The lowest BCUT2D eigenvalue weighted by Gasteiger charge is -2.64. The minimum Gasteiger partial charge on any atom is -0.469 e. The van der Waals surface area contributed by atoms with Crippen molar-refractivity contribution < 1.29 is 29.0 Å². The Labute approximate surface area is 177 Å². The van der Waals surface area contributed by atoms with E-state index in [9.17, 15) is 19.5 Å². The average molecular weight is 417 g/mol. The van der Waals surface area contributed by atoms with Gasteiger partial charge in [-0.05, 0) is 56.9 Å². The van der Waals surface area contributed by atoms with Crippen molar-refractivity contribution in [2.24, 2.45) is 28.6 Å². The molecule has 1 aliphatic heterocycles. The first kappa shape index (κ1) is 20.2. The van der Waals surface area contributed by atoms with Crippen LogP contribution in [0.15, 0.2) is 11.6 Å². The molecule has 0 aromatic rings. The Morgan fingerprint density at radius 3 is 2.57 bits per heavy atom. The molecule has 0 amide bonds. The van der Waals surface area contributed by atoms with Crippen molar-refractivity contribution in [1.29, 1.82) is 0 Å². The fraction of sp³-hybridized carbons (Fsp3) is 0.792. The first-order chi connectivity index (χ1) is 14.1. The first-order valence-electron chi connectivity index (χ1n) is 11.4. The molecule has 5 aliphatic rings. The van der Waals surface area contributed by atoms with Crippen LogP contribution >= 0.6 is 0 Å². The molecule has 0 aromatic heterocycles. The number of aliphatic hydroxyl groups is 1. The highest BCUT2D eigenvalue weighted by molar-refractivity contribution is 5.92. The van der Waals surface area contributed by atoms with E-state index in [0.29, 0.717) is 32.1 Å². The Hall–Kier alpha value is -1.69. The van der Waals surface area contributed by atoms with Gasteiger partial charge in [0.25, 0.3) is 0 Å². The molecule has 5 rings (SSSR count). The predicted octanol–water partition coefficient (Wildman–Crippen LogP) is 3.11. The van der Waals surface area contributed by atoms with E-state index >= 15 is 0 Å². The molecule has 6 nitrogen and oxygen atoms in total. The quantitative estimate of drug-likeness (QED) is 0.661. The van der Waals surface area contributed by atoms with Gasteiger partial charge in [-0.2, -0.15) is 0 Å². The van der Waals surface area contributed by atoms with Crippen LogP contribution in [0.2, 0.25) is 0 Å². The molecule has 30 heavy (non-hydrogen) atoms. The highest BCUT2D eigenvalue weighted by Gasteiger charge is 2.73. The molecule has 1 heterocycles. The lowest BCUT2D eigenvalue weighted by atomic mass is 9.42. The summed E-state index contributed by atoms with van der Waals surface area (Å²) in [7, 11) is 1.40. The van der Waals surface area contributed by atoms with E-state index in [1.54, 1.807) is 6.08 Å². The number of hydrogen-bond acceptors (Lipinski definition) is 6. The summed E-state index contributed by atoms with van der Waals surface area (Å²) >= 11 is 0. The van der Waals surface area contributed by atoms with E-state index in [1.807, 2.05) is 0 Å². The van der Waals surface area contributed by atoms with Crippen LogP contribution in [0.5, 0.6) is 0 Å². The van der Waals surface area contributed by atoms with Crippen LogP contribution in [-0.2, 0) is 23.9 Å². The van der Waals surface area contributed by atoms with E-state index in [4.69, 9.17) is 9.47 Å². The molecule has 0 bridgehead atoms. The van der Waals surface area contributed by atoms with Crippen molar-refractivity contribution in [3.63, 3.8) is 0 Å². The molecule has 6 heteroatoms. The lowest BCUT2D eigenvalue weighted by molar-refractivity contribution is -0.229. The van der Waals surface area contributed by atoms with E-state index in [-0.39, 0.29) is 35.0 Å². The second-order valence-corrected chi connectivity index (χ2v) is 10.8. The standard InChI is InChI=1S/C24H32O6/c1-21-7-4-15(25)12-14(21)13-16(20(27)29-3)19-17-5-8-23(9-6-18(26)30-23)22(17,2)10-11-24(19,21)28/h12,16-17,19,28H,4-11,13H2,1-3H3/t16?,17?,19-,21-,22-,23+,24?/m0/s1. The predicted molar refractivity (Wildman–Crippen MR) is 107 cm³/mol. The number of hydrogen-bond donors (Lipinski definition) is 1. The number of rotatable bonds is 1. The van der Waals surface area contributed by atoms with Crippen LogP contribution in [0, 0.1) is 28.6 Å². The zero-order chi connectivity index (χ0) is 21.5. The molecular formula is C24H32O6. The minimum absolute atomic E-state index is 0.0715. The summed E-state index contributed by atoms with van der Waals surface area (Å²) in [4.78, 5) is 37.2. The van der Waals surface area contributed by atoms with Gasteiger partial charge in [-0.15, -0.1) is 0 Å². The van der Waals surface area contributed by atoms with Crippen molar-refractivity contribution in [3.05, 3.63) is 11.6 Å². The lowest BCUT2D eigenvalue weighted by Crippen LogP contribution is -2.67. The molecule has 0 aromatic carbocycles. The topological polar surface area (TPSA) is 89.9 Å². The number of fused-ring (bicyclic) bond motifs is 6. The van der Waals surface area contributed by atoms with E-state index in [1.165, 1.54) is 7.11 Å². The summed E-state index contributed by atoms with van der Waals surface area (Å²) in [6.45, 7) is 4.28. The third kappa shape index (κ3) is 2.26. The Morgan fingerprint density at radius 2 is 1.90 bits per heavy atom. The number of ether oxygens (including phenoxy) is 2. The first-order valence-corrected chi connectivity index (χ1v) is 11.4. The molecule has 1 spiro atoms. The molecule has 164 valence electrons. The SMILES string of the molecule is COC(=O)C1CC2=CC(=O)CC[C@]2(C)C2(O)CC[C@@]3(C)C(CC[C@@]34CCC(=O)O4)[C@H]12. The Balaban J connectivity index is 1.63. The van der Waals surface area contributed by atoms with Gasteiger partial charge in [0.2, 0.25) is 0 Å². The Morgan fingerprint density at radius 1 is 1.13 bits per heavy atom. The average Bonchev–Trinajstić information content (AvgIpc) is 3.23. The molecule has 4 aliphatic carbocycles. The van der Waals surface area contributed by atoms with Crippen LogP contribution < -0.4 is 0 Å². The van der Waals surface area contributed by atoms with Crippen LogP contribution in [0.3, 0.4) is 0 Å². The fourth-order valence-electron chi connectivity index (χ4n) is 8.21. The molecule has 7 atom stereocenters. The molecule has 3 saturated carbocycles. The van der Waals surface area contributed by atoms with Gasteiger partial charge in [-0.3, -0.25) is 14.4 Å². The van der Waals surface area contributed by atoms with Gasteiger partial charge in [0, 0.05) is 29.6 Å². The second kappa shape index (κ2) is 6.18. The molecule has 3 unspecified atom stereocenters. The largest absolute Gasteiger partial charge is 0.469 e. The summed E-state index contributed by atoms with van der Waals surface area (Å²) in [6.07, 6.45) is 7.27. The van der Waals surface area contributed by atoms with Gasteiger partial charge in [0.05, 0.1) is 18.6 Å². The molecule has 0 radical (unpaired) electrons. The maximum atomic E-state index is 13.0. The van der Waals surface area contributed by atoms with E-state index < -0.39 is 22.5 Å². The zero-order valence-corrected chi connectivity index (χ0v) is 18.2. The molecular weight excluding hydrogens is 384 g/mol. The van der Waals surface area contributed by atoms with Gasteiger partial charge >= 0.3 is 11.9 Å². The molecule has 4 fully saturated rings. The van der Waals surface area contributed by atoms with E-state index in [0.717, 1.165) is 31.3 Å². The summed E-state index contributed by atoms with van der Waals surface area (Å²) in [5, 5.41) is 12.3. The number of esters is 2. The Kier molecular flexibility index (Phi) is 4.17. The van der Waals surface area contributed by atoms with Gasteiger partial charge in [-0.25, -0.2) is 0 Å². The van der Waals surface area contributed by atoms with Crippen molar-refractivity contribution >= 4 is 17.7 Å². The zero-order valence-electron chi connectivity index (χ0n) is 18.2. The van der Waals surface area contributed by atoms with Gasteiger partial charge in [0.1, 0.15) is 5.60 Å². The van der Waals surface area contributed by atoms with Crippen LogP contribution in [-0.4, -0.2) is 41.1 Å². The summed E-state index contributed by atoms with van der Waals surface area (Å²) in [6, 6.07) is 0. The van der Waals surface area contributed by atoms with Crippen molar-refractivity contribution in [3.8, 4) is 0 Å². The third-order valence-corrected chi connectivity index (χ3v) is 10.0. The van der Waals surface area contributed by atoms with Crippen LogP contribution in [0.1, 0.15) is 71.6 Å². The Bertz CT molecular complexity index is 862. The van der Waals surface area contributed by atoms with Gasteiger partial charge < -0.3 is 14.6 Å². The smallest absolute Gasteiger partial charge is 0.309 e. The monoisotopic (exact) mass is 416 g/mol.